The second-order valence-electron chi connectivity index (χ2n) is 4.79. The van der Waals surface area contributed by atoms with Crippen LogP contribution in [0.1, 0.15) is 33.1 Å². The minimum absolute atomic E-state index is 0.0334. The van der Waals surface area contributed by atoms with E-state index in [-0.39, 0.29) is 11.9 Å². The molecule has 18 heavy (non-hydrogen) atoms. The molecule has 3 aliphatic rings. The molecule has 94 valence electrons. The Balaban J connectivity index is 2.08. The molecule has 5 nitrogen and oxygen atoms in total. The predicted molar refractivity (Wildman–Crippen MR) is 70.0 cm³/mol. The Morgan fingerprint density at radius 3 is 3.11 bits per heavy atom. The highest BCUT2D eigenvalue weighted by Gasteiger charge is 2.35. The highest BCUT2D eigenvalue weighted by Crippen LogP contribution is 2.33. The topological polar surface area (TPSA) is 57.1 Å². The van der Waals surface area contributed by atoms with E-state index >= 15 is 0 Å². The largest absolute Gasteiger partial charge is 0.285 e. The van der Waals surface area contributed by atoms with Crippen molar-refractivity contribution in [2.24, 2.45) is 10.2 Å². The fourth-order valence-electron chi connectivity index (χ4n) is 2.49. The van der Waals surface area contributed by atoms with Crippen LogP contribution in [0.4, 0.5) is 0 Å². The smallest absolute Gasteiger partial charge is 0.270 e. The first-order chi connectivity index (χ1) is 8.72. The number of nitrogens with zero attached hydrogens (tertiary/aromatic N) is 3. The first-order valence-electron chi connectivity index (χ1n) is 6.36. The molecule has 1 unspecified atom stereocenters. The summed E-state index contributed by atoms with van der Waals surface area (Å²) in [7, 11) is 0. The van der Waals surface area contributed by atoms with E-state index in [2.05, 4.69) is 22.6 Å². The van der Waals surface area contributed by atoms with E-state index in [0.29, 0.717) is 0 Å². The van der Waals surface area contributed by atoms with Gasteiger partial charge in [-0.15, -0.1) is 0 Å². The maximum Gasteiger partial charge on any atom is 0.270 e. The first kappa shape index (κ1) is 11.2. The molecule has 0 aromatic heterocycles. The number of allylic oxidation sites excluding steroid dienone is 2. The summed E-state index contributed by atoms with van der Waals surface area (Å²) >= 11 is 0. The van der Waals surface area contributed by atoms with Gasteiger partial charge in [0.05, 0.1) is 18.0 Å². The van der Waals surface area contributed by atoms with Crippen LogP contribution in [0.2, 0.25) is 0 Å². The molecular weight excluding hydrogens is 228 g/mol. The van der Waals surface area contributed by atoms with Crippen LogP contribution in [0.25, 0.3) is 0 Å². The van der Waals surface area contributed by atoms with Crippen molar-refractivity contribution in [3.63, 3.8) is 0 Å². The Hall–Kier alpha value is -1.91. The zero-order chi connectivity index (χ0) is 12.7. The maximum absolute atomic E-state index is 12.5. The summed E-state index contributed by atoms with van der Waals surface area (Å²) in [5, 5.41) is 10.2. The molecule has 5 heteroatoms. The molecule has 0 radical (unpaired) electrons. The minimum atomic E-state index is 0.0334. The second-order valence-corrected chi connectivity index (χ2v) is 4.79. The average Bonchev–Trinajstić information content (AvgIpc) is 2.76. The zero-order valence-corrected chi connectivity index (χ0v) is 10.6. The van der Waals surface area contributed by atoms with Crippen molar-refractivity contribution in [1.82, 2.24) is 10.4 Å². The van der Waals surface area contributed by atoms with Crippen LogP contribution in [-0.4, -0.2) is 28.9 Å². The molecule has 0 bridgehead atoms. The SMILES string of the molecule is CCC(C)N1N=CC2=CNN=C3CCC(=C23)C1=O. The van der Waals surface area contributed by atoms with Crippen LogP contribution in [0.3, 0.4) is 0 Å². The van der Waals surface area contributed by atoms with Gasteiger partial charge in [0.1, 0.15) is 0 Å². The van der Waals surface area contributed by atoms with Gasteiger partial charge in [-0.1, -0.05) is 6.92 Å². The highest BCUT2D eigenvalue weighted by molar-refractivity contribution is 6.19. The molecule has 0 saturated carbocycles. The monoisotopic (exact) mass is 244 g/mol. The van der Waals surface area contributed by atoms with E-state index in [1.807, 2.05) is 6.92 Å². The van der Waals surface area contributed by atoms with Crippen molar-refractivity contribution >= 4 is 17.8 Å². The summed E-state index contributed by atoms with van der Waals surface area (Å²) in [4.78, 5) is 12.5. The van der Waals surface area contributed by atoms with Crippen LogP contribution in [0.15, 0.2) is 33.1 Å². The number of amides is 1. The minimum Gasteiger partial charge on any atom is -0.285 e. The van der Waals surface area contributed by atoms with Crippen molar-refractivity contribution in [2.75, 3.05) is 0 Å². The lowest BCUT2D eigenvalue weighted by Crippen LogP contribution is -2.34. The molecule has 3 rings (SSSR count). The van der Waals surface area contributed by atoms with E-state index in [9.17, 15) is 4.79 Å². The Morgan fingerprint density at radius 1 is 1.50 bits per heavy atom. The molecule has 1 atom stereocenters. The number of rotatable bonds is 2. The van der Waals surface area contributed by atoms with Crippen molar-refractivity contribution in [3.05, 3.63) is 22.9 Å². The Kier molecular flexibility index (Phi) is 2.54. The van der Waals surface area contributed by atoms with Gasteiger partial charge in [0, 0.05) is 22.9 Å². The Bertz CT molecular complexity index is 527. The number of carbonyl (C=O) groups is 1. The fourth-order valence-corrected chi connectivity index (χ4v) is 2.49. The molecule has 0 aromatic rings. The van der Waals surface area contributed by atoms with Crippen LogP contribution < -0.4 is 5.43 Å². The van der Waals surface area contributed by atoms with Gasteiger partial charge in [-0.2, -0.15) is 10.2 Å². The summed E-state index contributed by atoms with van der Waals surface area (Å²) in [6, 6.07) is 0.122. The molecule has 1 N–H and O–H groups in total. The van der Waals surface area contributed by atoms with Gasteiger partial charge in [-0.25, -0.2) is 5.01 Å². The van der Waals surface area contributed by atoms with Crippen LogP contribution in [0, 0.1) is 0 Å². The molecule has 0 saturated heterocycles. The van der Waals surface area contributed by atoms with E-state index in [4.69, 9.17) is 0 Å². The molecule has 0 spiro atoms. The molecule has 2 heterocycles. The maximum atomic E-state index is 12.5. The standard InChI is InChI=1S/C13H16N4O/c1-3-8(2)17-13(18)10-4-5-11-12(10)9(7-15-17)6-14-16-11/h6-8,14H,3-5H2,1-2H3. The summed E-state index contributed by atoms with van der Waals surface area (Å²) < 4.78 is 0. The van der Waals surface area contributed by atoms with Gasteiger partial charge < -0.3 is 0 Å². The third kappa shape index (κ3) is 1.50. The van der Waals surface area contributed by atoms with Gasteiger partial charge in [0.15, 0.2) is 0 Å². The van der Waals surface area contributed by atoms with E-state index in [1.54, 1.807) is 17.4 Å². The quantitative estimate of drug-likeness (QED) is 0.801. The van der Waals surface area contributed by atoms with Gasteiger partial charge in [-0.3, -0.25) is 10.2 Å². The van der Waals surface area contributed by atoms with Gasteiger partial charge in [-0.05, 0) is 26.2 Å². The van der Waals surface area contributed by atoms with Crippen molar-refractivity contribution in [1.29, 1.82) is 0 Å². The highest BCUT2D eigenvalue weighted by atomic mass is 16.2. The molecule has 1 amide bonds. The summed E-state index contributed by atoms with van der Waals surface area (Å²) in [5.41, 5.74) is 6.68. The number of carbonyl (C=O) groups excluding carboxylic acids is 1. The van der Waals surface area contributed by atoms with Gasteiger partial charge >= 0.3 is 0 Å². The van der Waals surface area contributed by atoms with Gasteiger partial charge in [0.25, 0.3) is 5.91 Å². The lowest BCUT2D eigenvalue weighted by molar-refractivity contribution is -0.129. The summed E-state index contributed by atoms with van der Waals surface area (Å²) in [5.74, 6) is 0.0334. The zero-order valence-electron chi connectivity index (χ0n) is 10.6. The van der Waals surface area contributed by atoms with Crippen molar-refractivity contribution in [3.8, 4) is 0 Å². The third-order valence-corrected chi connectivity index (χ3v) is 3.71. The fraction of sp³-hybridized carbons (Fsp3) is 0.462. The molecule has 0 aromatic carbocycles. The first-order valence-corrected chi connectivity index (χ1v) is 6.36. The number of hydrogen-bond acceptors (Lipinski definition) is 4. The van der Waals surface area contributed by atoms with Crippen LogP contribution >= 0.6 is 0 Å². The molecule has 0 fully saturated rings. The Labute approximate surface area is 106 Å². The van der Waals surface area contributed by atoms with E-state index in [0.717, 1.165) is 41.7 Å². The van der Waals surface area contributed by atoms with Crippen LogP contribution in [0.5, 0.6) is 0 Å². The number of nitrogens with one attached hydrogen (secondary N) is 1. The summed E-state index contributed by atoms with van der Waals surface area (Å²) in [6.45, 7) is 4.08. The molecule has 1 aliphatic carbocycles. The number of hydrogen-bond donors (Lipinski definition) is 1. The van der Waals surface area contributed by atoms with E-state index in [1.165, 1.54) is 0 Å². The second kappa shape index (κ2) is 4.08. The Morgan fingerprint density at radius 2 is 2.33 bits per heavy atom. The summed E-state index contributed by atoms with van der Waals surface area (Å²) in [6.07, 6.45) is 6.07. The lowest BCUT2D eigenvalue weighted by Gasteiger charge is -2.22. The van der Waals surface area contributed by atoms with E-state index < -0.39 is 0 Å². The third-order valence-electron chi connectivity index (χ3n) is 3.71. The van der Waals surface area contributed by atoms with Crippen molar-refractivity contribution < 1.29 is 4.79 Å². The average molecular weight is 244 g/mol. The predicted octanol–water partition coefficient (Wildman–Crippen LogP) is 1.55. The number of hydrazone groups is 2. The lowest BCUT2D eigenvalue weighted by atomic mass is 10.0. The van der Waals surface area contributed by atoms with Crippen molar-refractivity contribution in [2.45, 2.75) is 39.2 Å². The normalized spacial score (nSPS) is 23.2. The van der Waals surface area contributed by atoms with Gasteiger partial charge in [0.2, 0.25) is 0 Å². The molecule has 2 aliphatic heterocycles. The van der Waals surface area contributed by atoms with Crippen LogP contribution in [-0.2, 0) is 4.79 Å². The molecular formula is C13H16N4O.